The van der Waals surface area contributed by atoms with Crippen molar-refractivity contribution in [3.05, 3.63) is 65.5 Å². The Labute approximate surface area is 135 Å². The number of amides is 1. The van der Waals surface area contributed by atoms with Crippen LogP contribution in [0.1, 0.15) is 46.7 Å². The van der Waals surface area contributed by atoms with Gasteiger partial charge in [-0.15, -0.1) is 0 Å². The SMILES string of the molecule is CC[C@@](C)(NC(=O)c1ccnc(C(=O)OC)c1)c1ccccc1. The Morgan fingerprint density at radius 2 is 1.91 bits per heavy atom. The van der Waals surface area contributed by atoms with E-state index in [9.17, 15) is 9.59 Å². The number of esters is 1. The fraction of sp³-hybridized carbons (Fsp3) is 0.278. The van der Waals surface area contributed by atoms with E-state index < -0.39 is 11.5 Å². The third-order valence-electron chi connectivity index (χ3n) is 3.92. The van der Waals surface area contributed by atoms with Crippen LogP contribution in [0.5, 0.6) is 0 Å². The number of hydrogen-bond acceptors (Lipinski definition) is 4. The number of carbonyl (C=O) groups excluding carboxylic acids is 2. The van der Waals surface area contributed by atoms with Crippen molar-refractivity contribution in [2.45, 2.75) is 25.8 Å². The van der Waals surface area contributed by atoms with Gasteiger partial charge in [-0.1, -0.05) is 37.3 Å². The summed E-state index contributed by atoms with van der Waals surface area (Å²) < 4.78 is 4.63. The van der Waals surface area contributed by atoms with Crippen LogP contribution in [0.2, 0.25) is 0 Å². The van der Waals surface area contributed by atoms with E-state index in [-0.39, 0.29) is 11.6 Å². The molecule has 1 aromatic carbocycles. The molecule has 0 saturated carbocycles. The minimum absolute atomic E-state index is 0.109. The fourth-order valence-electron chi connectivity index (χ4n) is 2.28. The van der Waals surface area contributed by atoms with Crippen molar-refractivity contribution in [1.29, 1.82) is 0 Å². The number of hydrogen-bond donors (Lipinski definition) is 1. The molecule has 1 amide bonds. The van der Waals surface area contributed by atoms with Crippen LogP contribution < -0.4 is 5.32 Å². The maximum absolute atomic E-state index is 12.6. The van der Waals surface area contributed by atoms with Gasteiger partial charge in [0.05, 0.1) is 12.6 Å². The number of benzene rings is 1. The molecule has 1 aromatic heterocycles. The summed E-state index contributed by atoms with van der Waals surface area (Å²) in [4.78, 5) is 28.0. The van der Waals surface area contributed by atoms with Crippen LogP contribution in [0.15, 0.2) is 48.7 Å². The molecule has 120 valence electrons. The minimum Gasteiger partial charge on any atom is -0.464 e. The Balaban J connectivity index is 2.25. The van der Waals surface area contributed by atoms with Gasteiger partial charge in [0.2, 0.25) is 0 Å². The molecule has 0 fully saturated rings. The molecule has 0 aliphatic carbocycles. The van der Waals surface area contributed by atoms with Gasteiger partial charge in [-0.2, -0.15) is 0 Å². The molecule has 2 rings (SSSR count). The predicted octanol–water partition coefficient (Wildman–Crippen LogP) is 2.92. The van der Waals surface area contributed by atoms with Gasteiger partial charge in [0.15, 0.2) is 0 Å². The lowest BCUT2D eigenvalue weighted by atomic mass is 9.89. The van der Waals surface area contributed by atoms with E-state index >= 15 is 0 Å². The van der Waals surface area contributed by atoms with Crippen LogP contribution in [0.4, 0.5) is 0 Å². The highest BCUT2D eigenvalue weighted by atomic mass is 16.5. The lowest BCUT2D eigenvalue weighted by Gasteiger charge is -2.30. The van der Waals surface area contributed by atoms with Crippen LogP contribution in [0.25, 0.3) is 0 Å². The molecule has 23 heavy (non-hydrogen) atoms. The quantitative estimate of drug-likeness (QED) is 0.862. The molecule has 0 aliphatic heterocycles. The third-order valence-corrected chi connectivity index (χ3v) is 3.92. The molecule has 1 N–H and O–H groups in total. The topological polar surface area (TPSA) is 68.3 Å². The van der Waals surface area contributed by atoms with Crippen LogP contribution in [0.3, 0.4) is 0 Å². The normalized spacial score (nSPS) is 13.0. The van der Waals surface area contributed by atoms with Crippen molar-refractivity contribution in [1.82, 2.24) is 10.3 Å². The van der Waals surface area contributed by atoms with E-state index in [2.05, 4.69) is 15.0 Å². The summed E-state index contributed by atoms with van der Waals surface area (Å²) in [6.07, 6.45) is 2.16. The molecule has 0 aliphatic rings. The van der Waals surface area contributed by atoms with Crippen LogP contribution in [-0.4, -0.2) is 24.0 Å². The largest absolute Gasteiger partial charge is 0.464 e. The van der Waals surface area contributed by atoms with E-state index in [1.165, 1.54) is 19.4 Å². The van der Waals surface area contributed by atoms with Gasteiger partial charge in [0.1, 0.15) is 5.69 Å². The summed E-state index contributed by atoms with van der Waals surface area (Å²) in [5.41, 5.74) is 1.01. The zero-order chi connectivity index (χ0) is 16.9. The number of methoxy groups -OCH3 is 1. The second-order valence-electron chi connectivity index (χ2n) is 5.43. The van der Waals surface area contributed by atoms with E-state index in [1.807, 2.05) is 44.2 Å². The van der Waals surface area contributed by atoms with Gasteiger partial charge in [-0.05, 0) is 31.0 Å². The highest BCUT2D eigenvalue weighted by Crippen LogP contribution is 2.24. The van der Waals surface area contributed by atoms with Crippen LogP contribution in [0, 0.1) is 0 Å². The first-order valence-electron chi connectivity index (χ1n) is 7.42. The van der Waals surface area contributed by atoms with E-state index in [1.54, 1.807) is 6.07 Å². The second-order valence-corrected chi connectivity index (χ2v) is 5.43. The Morgan fingerprint density at radius 3 is 2.52 bits per heavy atom. The van der Waals surface area contributed by atoms with E-state index in [4.69, 9.17) is 0 Å². The summed E-state index contributed by atoms with van der Waals surface area (Å²) in [5, 5.41) is 3.04. The number of rotatable bonds is 5. The average Bonchev–Trinajstić information content (AvgIpc) is 2.61. The Morgan fingerprint density at radius 1 is 1.22 bits per heavy atom. The monoisotopic (exact) mass is 312 g/mol. The molecule has 5 nitrogen and oxygen atoms in total. The summed E-state index contributed by atoms with van der Waals surface area (Å²) in [5.74, 6) is -0.827. The van der Waals surface area contributed by atoms with Gasteiger partial charge in [0, 0.05) is 11.8 Å². The number of aromatic nitrogens is 1. The lowest BCUT2D eigenvalue weighted by Crippen LogP contribution is -2.43. The number of nitrogens with one attached hydrogen (secondary N) is 1. The first kappa shape index (κ1) is 16.7. The fourth-order valence-corrected chi connectivity index (χ4v) is 2.28. The van der Waals surface area contributed by atoms with Gasteiger partial charge in [-0.3, -0.25) is 4.79 Å². The summed E-state index contributed by atoms with van der Waals surface area (Å²) in [7, 11) is 1.28. The standard InChI is InChI=1S/C18H20N2O3/c1-4-18(2,14-8-6-5-7-9-14)20-16(21)13-10-11-19-15(12-13)17(22)23-3/h5-12H,4H2,1-3H3,(H,20,21)/t18-/m1/s1. The van der Waals surface area contributed by atoms with Crippen molar-refractivity contribution in [2.24, 2.45) is 0 Å². The van der Waals surface area contributed by atoms with Crippen molar-refractivity contribution in [3.63, 3.8) is 0 Å². The molecule has 5 heteroatoms. The molecule has 0 unspecified atom stereocenters. The van der Waals surface area contributed by atoms with Crippen molar-refractivity contribution in [2.75, 3.05) is 7.11 Å². The second kappa shape index (κ2) is 7.05. The molecular formula is C18H20N2O3. The van der Waals surface area contributed by atoms with E-state index in [0.717, 1.165) is 12.0 Å². The Bertz CT molecular complexity index is 700. The lowest BCUT2D eigenvalue weighted by molar-refractivity contribution is 0.0594. The maximum Gasteiger partial charge on any atom is 0.356 e. The highest BCUT2D eigenvalue weighted by molar-refractivity contribution is 5.97. The predicted molar refractivity (Wildman–Crippen MR) is 87.1 cm³/mol. The van der Waals surface area contributed by atoms with Gasteiger partial charge < -0.3 is 10.1 Å². The smallest absolute Gasteiger partial charge is 0.356 e. The number of carbonyl (C=O) groups is 2. The molecule has 0 radical (unpaired) electrons. The van der Waals surface area contributed by atoms with Crippen molar-refractivity contribution in [3.8, 4) is 0 Å². The van der Waals surface area contributed by atoms with Crippen LogP contribution >= 0.6 is 0 Å². The first-order valence-corrected chi connectivity index (χ1v) is 7.42. The van der Waals surface area contributed by atoms with Gasteiger partial charge in [0.25, 0.3) is 5.91 Å². The molecule has 0 saturated heterocycles. The van der Waals surface area contributed by atoms with Gasteiger partial charge in [-0.25, -0.2) is 9.78 Å². The zero-order valence-electron chi connectivity index (χ0n) is 13.5. The summed E-state index contributed by atoms with van der Waals surface area (Å²) in [6.45, 7) is 3.99. The average molecular weight is 312 g/mol. The number of nitrogens with zero attached hydrogens (tertiary/aromatic N) is 1. The Kier molecular flexibility index (Phi) is 5.11. The summed E-state index contributed by atoms with van der Waals surface area (Å²) >= 11 is 0. The molecule has 1 heterocycles. The first-order chi connectivity index (χ1) is 11.0. The number of pyridine rings is 1. The Hall–Kier alpha value is -2.69. The zero-order valence-corrected chi connectivity index (χ0v) is 13.5. The van der Waals surface area contributed by atoms with Crippen LogP contribution in [-0.2, 0) is 10.3 Å². The third kappa shape index (κ3) is 3.74. The molecular weight excluding hydrogens is 292 g/mol. The molecule has 0 bridgehead atoms. The maximum atomic E-state index is 12.6. The van der Waals surface area contributed by atoms with Crippen molar-refractivity contribution >= 4 is 11.9 Å². The summed E-state index contributed by atoms with van der Waals surface area (Å²) in [6, 6.07) is 12.8. The highest BCUT2D eigenvalue weighted by Gasteiger charge is 2.27. The minimum atomic E-state index is -0.569. The molecule has 1 atom stereocenters. The number of ether oxygens (including phenoxy) is 1. The van der Waals surface area contributed by atoms with Crippen molar-refractivity contribution < 1.29 is 14.3 Å². The molecule has 2 aromatic rings. The molecule has 0 spiro atoms. The van der Waals surface area contributed by atoms with Gasteiger partial charge >= 0.3 is 5.97 Å². The van der Waals surface area contributed by atoms with E-state index in [0.29, 0.717) is 5.56 Å².